The topological polar surface area (TPSA) is 23.5 Å². The molecule has 0 atom stereocenters. The minimum Gasteiger partial charge on any atom is -0.508 e. The summed E-state index contributed by atoms with van der Waals surface area (Å²) < 4.78 is 0. The molecular weight excluding hydrogens is 222 g/mol. The van der Waals surface area contributed by atoms with Crippen LogP contribution in [0.2, 0.25) is 0 Å². The largest absolute Gasteiger partial charge is 0.508 e. The minimum absolute atomic E-state index is 0.418. The zero-order valence-electron chi connectivity index (χ0n) is 12.2. The molecule has 0 radical (unpaired) electrons. The Kier molecular flexibility index (Phi) is 6.20. The highest BCUT2D eigenvalue weighted by Gasteiger charge is 2.12. The SMILES string of the molecule is CCCCCN(Cc1cc(C)ccc1O)C(C)C. The van der Waals surface area contributed by atoms with Crippen LogP contribution in [-0.2, 0) is 6.54 Å². The van der Waals surface area contributed by atoms with E-state index in [0.29, 0.717) is 11.8 Å². The molecule has 2 nitrogen and oxygen atoms in total. The van der Waals surface area contributed by atoms with Crippen molar-refractivity contribution in [2.24, 2.45) is 0 Å². The van der Waals surface area contributed by atoms with E-state index in [0.717, 1.165) is 18.7 Å². The summed E-state index contributed by atoms with van der Waals surface area (Å²) in [6.07, 6.45) is 3.77. The number of phenols is 1. The molecule has 0 unspecified atom stereocenters. The summed E-state index contributed by atoms with van der Waals surface area (Å²) in [5.41, 5.74) is 2.25. The summed E-state index contributed by atoms with van der Waals surface area (Å²) in [5.74, 6) is 0.418. The Bertz CT molecular complexity index is 360. The Morgan fingerprint density at radius 3 is 2.56 bits per heavy atom. The Morgan fingerprint density at radius 2 is 1.94 bits per heavy atom. The monoisotopic (exact) mass is 249 g/mol. The van der Waals surface area contributed by atoms with Crippen LogP contribution < -0.4 is 0 Å². The molecule has 0 bridgehead atoms. The van der Waals surface area contributed by atoms with Crippen LogP contribution in [0.25, 0.3) is 0 Å². The summed E-state index contributed by atoms with van der Waals surface area (Å²) in [4.78, 5) is 2.43. The van der Waals surface area contributed by atoms with E-state index >= 15 is 0 Å². The van der Waals surface area contributed by atoms with Gasteiger partial charge in [-0.3, -0.25) is 4.90 Å². The lowest BCUT2D eigenvalue weighted by Gasteiger charge is -2.27. The van der Waals surface area contributed by atoms with Crippen molar-refractivity contribution in [3.05, 3.63) is 29.3 Å². The van der Waals surface area contributed by atoms with Crippen molar-refractivity contribution in [1.82, 2.24) is 4.90 Å². The highest BCUT2D eigenvalue weighted by molar-refractivity contribution is 5.35. The molecule has 0 aliphatic rings. The van der Waals surface area contributed by atoms with E-state index in [1.165, 1.54) is 24.8 Å². The van der Waals surface area contributed by atoms with E-state index < -0.39 is 0 Å². The number of unbranched alkanes of at least 4 members (excludes halogenated alkanes) is 2. The number of phenolic OH excluding ortho intramolecular Hbond substituents is 1. The Labute approximate surface area is 112 Å². The summed E-state index contributed by atoms with van der Waals surface area (Å²) in [5, 5.41) is 9.91. The van der Waals surface area contributed by atoms with E-state index in [-0.39, 0.29) is 0 Å². The van der Waals surface area contributed by atoms with Gasteiger partial charge in [-0.1, -0.05) is 37.5 Å². The van der Waals surface area contributed by atoms with Crippen LogP contribution in [0.15, 0.2) is 18.2 Å². The summed E-state index contributed by atoms with van der Waals surface area (Å²) in [7, 11) is 0. The van der Waals surface area contributed by atoms with Crippen LogP contribution in [0.3, 0.4) is 0 Å². The lowest BCUT2D eigenvalue weighted by Crippen LogP contribution is -2.31. The number of hydrogen-bond donors (Lipinski definition) is 1. The highest BCUT2D eigenvalue weighted by Crippen LogP contribution is 2.21. The maximum atomic E-state index is 9.91. The van der Waals surface area contributed by atoms with Gasteiger partial charge in [-0.25, -0.2) is 0 Å². The van der Waals surface area contributed by atoms with Crippen molar-refractivity contribution in [3.8, 4) is 5.75 Å². The fourth-order valence-corrected chi connectivity index (χ4v) is 2.14. The molecule has 0 amide bonds. The Hall–Kier alpha value is -1.02. The predicted molar refractivity (Wildman–Crippen MR) is 77.9 cm³/mol. The molecule has 102 valence electrons. The Morgan fingerprint density at radius 1 is 1.22 bits per heavy atom. The van der Waals surface area contributed by atoms with Gasteiger partial charge in [0, 0.05) is 18.2 Å². The number of aryl methyl sites for hydroxylation is 1. The van der Waals surface area contributed by atoms with Crippen molar-refractivity contribution in [3.63, 3.8) is 0 Å². The van der Waals surface area contributed by atoms with Gasteiger partial charge in [0.1, 0.15) is 5.75 Å². The predicted octanol–water partition coefficient (Wildman–Crippen LogP) is 4.10. The molecule has 2 heteroatoms. The van der Waals surface area contributed by atoms with Crippen LogP contribution >= 0.6 is 0 Å². The van der Waals surface area contributed by atoms with Gasteiger partial charge in [0.05, 0.1) is 0 Å². The normalized spacial score (nSPS) is 11.4. The van der Waals surface area contributed by atoms with E-state index in [1.54, 1.807) is 6.07 Å². The minimum atomic E-state index is 0.418. The molecule has 0 aromatic heterocycles. The quantitative estimate of drug-likeness (QED) is 0.735. The average Bonchev–Trinajstić information content (AvgIpc) is 2.32. The van der Waals surface area contributed by atoms with Crippen molar-refractivity contribution in [2.45, 2.75) is 59.5 Å². The summed E-state index contributed by atoms with van der Waals surface area (Å²) in [6.45, 7) is 10.7. The lowest BCUT2D eigenvalue weighted by atomic mass is 10.1. The van der Waals surface area contributed by atoms with Crippen molar-refractivity contribution in [1.29, 1.82) is 0 Å². The number of benzene rings is 1. The molecule has 0 saturated carbocycles. The van der Waals surface area contributed by atoms with Crippen molar-refractivity contribution in [2.75, 3.05) is 6.54 Å². The van der Waals surface area contributed by atoms with E-state index in [9.17, 15) is 5.11 Å². The van der Waals surface area contributed by atoms with E-state index in [2.05, 4.69) is 38.7 Å². The second-order valence-corrected chi connectivity index (χ2v) is 5.40. The number of nitrogens with zero attached hydrogens (tertiary/aromatic N) is 1. The number of hydrogen-bond acceptors (Lipinski definition) is 2. The molecule has 1 aromatic carbocycles. The molecule has 0 aliphatic heterocycles. The standard InChI is InChI=1S/C16H27NO/c1-5-6-7-10-17(13(2)3)12-15-11-14(4)8-9-16(15)18/h8-9,11,13,18H,5-7,10,12H2,1-4H3. The first-order chi connectivity index (χ1) is 8.54. The second kappa shape index (κ2) is 7.42. The van der Waals surface area contributed by atoms with Crippen LogP contribution in [0, 0.1) is 6.92 Å². The van der Waals surface area contributed by atoms with Gasteiger partial charge >= 0.3 is 0 Å². The zero-order valence-corrected chi connectivity index (χ0v) is 12.2. The van der Waals surface area contributed by atoms with E-state index in [1.807, 2.05) is 6.07 Å². The fraction of sp³-hybridized carbons (Fsp3) is 0.625. The van der Waals surface area contributed by atoms with Gasteiger partial charge in [-0.2, -0.15) is 0 Å². The van der Waals surface area contributed by atoms with Crippen LogP contribution in [0.1, 0.15) is 51.2 Å². The van der Waals surface area contributed by atoms with Gasteiger partial charge in [-0.05, 0) is 39.8 Å². The molecular formula is C16H27NO. The van der Waals surface area contributed by atoms with Gasteiger partial charge in [0.2, 0.25) is 0 Å². The third kappa shape index (κ3) is 4.69. The molecule has 1 N–H and O–H groups in total. The highest BCUT2D eigenvalue weighted by atomic mass is 16.3. The molecule has 18 heavy (non-hydrogen) atoms. The molecule has 0 aliphatic carbocycles. The molecule has 0 fully saturated rings. The van der Waals surface area contributed by atoms with Crippen LogP contribution in [-0.4, -0.2) is 22.6 Å². The van der Waals surface area contributed by atoms with Gasteiger partial charge in [-0.15, -0.1) is 0 Å². The third-order valence-electron chi connectivity index (χ3n) is 3.39. The zero-order chi connectivity index (χ0) is 13.5. The molecule has 0 heterocycles. The number of aromatic hydroxyl groups is 1. The lowest BCUT2D eigenvalue weighted by molar-refractivity contribution is 0.206. The van der Waals surface area contributed by atoms with Crippen molar-refractivity contribution < 1.29 is 5.11 Å². The molecule has 1 aromatic rings. The summed E-state index contributed by atoms with van der Waals surface area (Å²) >= 11 is 0. The molecule has 0 spiro atoms. The summed E-state index contributed by atoms with van der Waals surface area (Å²) in [6, 6.07) is 6.36. The molecule has 0 saturated heterocycles. The van der Waals surface area contributed by atoms with Gasteiger partial charge in [0.25, 0.3) is 0 Å². The van der Waals surface area contributed by atoms with Gasteiger partial charge in [0.15, 0.2) is 0 Å². The maximum absolute atomic E-state index is 9.91. The first-order valence-electron chi connectivity index (χ1n) is 7.07. The maximum Gasteiger partial charge on any atom is 0.120 e. The first kappa shape index (κ1) is 15.0. The third-order valence-corrected chi connectivity index (χ3v) is 3.39. The second-order valence-electron chi connectivity index (χ2n) is 5.40. The number of rotatable bonds is 7. The fourth-order valence-electron chi connectivity index (χ4n) is 2.14. The van der Waals surface area contributed by atoms with Crippen LogP contribution in [0.5, 0.6) is 5.75 Å². The first-order valence-corrected chi connectivity index (χ1v) is 7.07. The smallest absolute Gasteiger partial charge is 0.120 e. The molecule has 1 rings (SSSR count). The van der Waals surface area contributed by atoms with Crippen molar-refractivity contribution >= 4 is 0 Å². The average molecular weight is 249 g/mol. The van der Waals surface area contributed by atoms with Gasteiger partial charge < -0.3 is 5.11 Å². The van der Waals surface area contributed by atoms with Crippen LogP contribution in [0.4, 0.5) is 0 Å². The van der Waals surface area contributed by atoms with E-state index in [4.69, 9.17) is 0 Å². The Balaban J connectivity index is 2.67.